The van der Waals surface area contributed by atoms with Gasteiger partial charge in [0.1, 0.15) is 0 Å². The fraction of sp³-hybridized carbons (Fsp3) is 0.867. The van der Waals surface area contributed by atoms with Crippen LogP contribution >= 0.6 is 0 Å². The molecule has 0 unspecified atom stereocenters. The summed E-state index contributed by atoms with van der Waals surface area (Å²) in [6.45, 7) is 0. The van der Waals surface area contributed by atoms with Crippen molar-refractivity contribution >= 4 is 12.1 Å². The molecule has 0 heterocycles. The van der Waals surface area contributed by atoms with Gasteiger partial charge in [0.25, 0.3) is 0 Å². The minimum absolute atomic E-state index is 0.272. The standard InChI is InChI=1S/C15H28N4O2/c16-14(20)18-12-5-1-10(2-6-12)9-11-3-7-13(8-4-11)19-15(17)21/h10-13H,1-9H2,(H3,16,18,20)(H3,17,19,21). The summed E-state index contributed by atoms with van der Waals surface area (Å²) >= 11 is 0. The van der Waals surface area contributed by atoms with Crippen molar-refractivity contribution in [3.63, 3.8) is 0 Å². The summed E-state index contributed by atoms with van der Waals surface area (Å²) in [4.78, 5) is 21.7. The molecule has 0 radical (unpaired) electrons. The van der Waals surface area contributed by atoms with Crippen molar-refractivity contribution in [1.29, 1.82) is 0 Å². The Morgan fingerprint density at radius 2 is 1.05 bits per heavy atom. The first-order valence-electron chi connectivity index (χ1n) is 8.15. The first kappa shape index (κ1) is 15.9. The van der Waals surface area contributed by atoms with E-state index in [-0.39, 0.29) is 12.1 Å². The number of hydrogen-bond acceptors (Lipinski definition) is 2. The number of urea groups is 2. The van der Waals surface area contributed by atoms with Crippen LogP contribution in [0.4, 0.5) is 9.59 Å². The summed E-state index contributed by atoms with van der Waals surface area (Å²) in [5, 5.41) is 5.63. The normalized spacial score (nSPS) is 33.1. The molecular formula is C15H28N4O2. The Kier molecular flexibility index (Phi) is 5.70. The van der Waals surface area contributed by atoms with Gasteiger partial charge >= 0.3 is 12.1 Å². The molecule has 0 spiro atoms. The molecule has 2 aliphatic rings. The minimum atomic E-state index is -0.404. The summed E-state index contributed by atoms with van der Waals surface area (Å²) in [6.07, 6.45) is 10.2. The molecule has 2 aliphatic carbocycles. The number of amides is 4. The van der Waals surface area contributed by atoms with Gasteiger partial charge in [-0.15, -0.1) is 0 Å². The highest BCUT2D eigenvalue weighted by molar-refractivity contribution is 5.72. The average molecular weight is 296 g/mol. The van der Waals surface area contributed by atoms with E-state index in [1.165, 1.54) is 32.1 Å². The fourth-order valence-electron chi connectivity index (χ4n) is 3.96. The van der Waals surface area contributed by atoms with Crippen LogP contribution < -0.4 is 22.1 Å². The summed E-state index contributed by atoms with van der Waals surface area (Å²) in [5.74, 6) is 1.56. The van der Waals surface area contributed by atoms with Crippen LogP contribution in [0.1, 0.15) is 57.8 Å². The van der Waals surface area contributed by atoms with Crippen molar-refractivity contribution in [2.24, 2.45) is 23.3 Å². The van der Waals surface area contributed by atoms with Gasteiger partial charge in [-0.1, -0.05) is 0 Å². The van der Waals surface area contributed by atoms with Gasteiger partial charge < -0.3 is 22.1 Å². The Hall–Kier alpha value is -1.46. The smallest absolute Gasteiger partial charge is 0.312 e. The maximum Gasteiger partial charge on any atom is 0.312 e. The second-order valence-corrected chi connectivity index (χ2v) is 6.69. The van der Waals surface area contributed by atoms with Gasteiger partial charge in [0.15, 0.2) is 0 Å². The molecule has 21 heavy (non-hydrogen) atoms. The molecule has 0 aliphatic heterocycles. The van der Waals surface area contributed by atoms with Crippen LogP contribution in [0.2, 0.25) is 0 Å². The lowest BCUT2D eigenvalue weighted by Crippen LogP contribution is -2.41. The molecule has 0 atom stereocenters. The zero-order valence-electron chi connectivity index (χ0n) is 12.6. The van der Waals surface area contributed by atoms with E-state index in [1.807, 2.05) is 0 Å². The van der Waals surface area contributed by atoms with Gasteiger partial charge in [-0.05, 0) is 69.6 Å². The van der Waals surface area contributed by atoms with E-state index in [4.69, 9.17) is 11.5 Å². The number of carbonyl (C=O) groups is 2. The van der Waals surface area contributed by atoms with Gasteiger partial charge in [-0.3, -0.25) is 0 Å². The molecule has 4 amide bonds. The average Bonchev–Trinajstić information content (AvgIpc) is 2.42. The Morgan fingerprint density at radius 1 is 0.714 bits per heavy atom. The van der Waals surface area contributed by atoms with Gasteiger partial charge in [0.05, 0.1) is 0 Å². The Balaban J connectivity index is 1.64. The Labute approximate surface area is 126 Å². The molecule has 2 saturated carbocycles. The molecule has 0 aromatic rings. The van der Waals surface area contributed by atoms with Gasteiger partial charge in [0, 0.05) is 12.1 Å². The Morgan fingerprint density at radius 3 is 1.33 bits per heavy atom. The van der Waals surface area contributed by atoms with Crippen LogP contribution in [0, 0.1) is 11.8 Å². The molecule has 0 aromatic heterocycles. The van der Waals surface area contributed by atoms with Crippen molar-refractivity contribution in [3.8, 4) is 0 Å². The molecule has 120 valence electrons. The summed E-state index contributed by atoms with van der Waals surface area (Å²) in [5.41, 5.74) is 10.3. The number of nitrogens with one attached hydrogen (secondary N) is 2. The van der Waals surface area contributed by atoms with E-state index in [2.05, 4.69) is 10.6 Å². The predicted octanol–water partition coefficient (Wildman–Crippen LogP) is 1.83. The maximum absolute atomic E-state index is 10.8. The van der Waals surface area contributed by atoms with E-state index in [0.29, 0.717) is 0 Å². The van der Waals surface area contributed by atoms with Crippen molar-refractivity contribution in [3.05, 3.63) is 0 Å². The topological polar surface area (TPSA) is 110 Å². The lowest BCUT2D eigenvalue weighted by Gasteiger charge is -2.34. The fourth-order valence-corrected chi connectivity index (χ4v) is 3.96. The third-order valence-corrected chi connectivity index (χ3v) is 5.05. The van der Waals surface area contributed by atoms with Crippen molar-refractivity contribution < 1.29 is 9.59 Å². The molecule has 6 heteroatoms. The first-order valence-corrected chi connectivity index (χ1v) is 8.15. The van der Waals surface area contributed by atoms with Crippen molar-refractivity contribution in [2.75, 3.05) is 0 Å². The van der Waals surface area contributed by atoms with E-state index in [1.54, 1.807) is 0 Å². The molecule has 0 saturated heterocycles. The molecule has 0 aromatic carbocycles. The second kappa shape index (κ2) is 7.52. The number of hydrogen-bond donors (Lipinski definition) is 4. The van der Waals surface area contributed by atoms with Crippen LogP contribution in [-0.2, 0) is 0 Å². The summed E-state index contributed by atoms with van der Waals surface area (Å²) in [7, 11) is 0. The van der Waals surface area contributed by atoms with Crippen LogP contribution in [0.15, 0.2) is 0 Å². The highest BCUT2D eigenvalue weighted by atomic mass is 16.2. The maximum atomic E-state index is 10.8. The van der Waals surface area contributed by atoms with Gasteiger partial charge in [-0.2, -0.15) is 0 Å². The highest BCUT2D eigenvalue weighted by Gasteiger charge is 2.27. The molecule has 2 fully saturated rings. The molecule has 6 nitrogen and oxygen atoms in total. The van der Waals surface area contributed by atoms with Crippen LogP contribution in [0.5, 0.6) is 0 Å². The van der Waals surface area contributed by atoms with Crippen molar-refractivity contribution in [1.82, 2.24) is 10.6 Å². The molecule has 2 rings (SSSR count). The summed E-state index contributed by atoms with van der Waals surface area (Å²) < 4.78 is 0. The number of nitrogens with two attached hydrogens (primary N) is 2. The lowest BCUT2D eigenvalue weighted by molar-refractivity contribution is 0.201. The highest BCUT2D eigenvalue weighted by Crippen LogP contribution is 2.35. The van der Waals surface area contributed by atoms with E-state index in [0.717, 1.165) is 37.5 Å². The summed E-state index contributed by atoms with van der Waals surface area (Å²) in [6, 6.07) is -0.263. The lowest BCUT2D eigenvalue weighted by atomic mass is 9.76. The largest absolute Gasteiger partial charge is 0.352 e. The predicted molar refractivity (Wildman–Crippen MR) is 81.5 cm³/mol. The zero-order valence-corrected chi connectivity index (χ0v) is 12.6. The van der Waals surface area contributed by atoms with E-state index >= 15 is 0 Å². The third kappa shape index (κ3) is 5.44. The molecular weight excluding hydrogens is 268 g/mol. The van der Waals surface area contributed by atoms with Crippen LogP contribution in [0.25, 0.3) is 0 Å². The van der Waals surface area contributed by atoms with Gasteiger partial charge in [-0.25, -0.2) is 9.59 Å². The SMILES string of the molecule is NC(=O)NC1CCC(CC2CCC(NC(N)=O)CC2)CC1. The molecule has 6 N–H and O–H groups in total. The quantitative estimate of drug-likeness (QED) is 0.634. The Bertz CT molecular complexity index is 325. The third-order valence-electron chi connectivity index (χ3n) is 5.05. The second-order valence-electron chi connectivity index (χ2n) is 6.69. The van der Waals surface area contributed by atoms with Gasteiger partial charge in [0.2, 0.25) is 0 Å². The van der Waals surface area contributed by atoms with E-state index in [9.17, 15) is 9.59 Å². The minimum Gasteiger partial charge on any atom is -0.352 e. The molecule has 0 bridgehead atoms. The number of carbonyl (C=O) groups excluding carboxylic acids is 2. The first-order chi connectivity index (χ1) is 10.0. The van der Waals surface area contributed by atoms with Crippen LogP contribution in [0.3, 0.4) is 0 Å². The number of rotatable bonds is 4. The monoisotopic (exact) mass is 296 g/mol. The zero-order chi connectivity index (χ0) is 15.2. The van der Waals surface area contributed by atoms with Crippen molar-refractivity contribution in [2.45, 2.75) is 69.9 Å². The van der Waals surface area contributed by atoms with E-state index < -0.39 is 12.1 Å². The van der Waals surface area contributed by atoms with Crippen LogP contribution in [-0.4, -0.2) is 24.1 Å². The number of primary amides is 2.